The van der Waals surface area contributed by atoms with Gasteiger partial charge in [0.15, 0.2) is 5.78 Å². The minimum absolute atomic E-state index is 0.0744. The molecule has 31 heavy (non-hydrogen) atoms. The van der Waals surface area contributed by atoms with Crippen molar-refractivity contribution >= 4 is 11.7 Å². The van der Waals surface area contributed by atoms with E-state index in [0.29, 0.717) is 30.9 Å². The molecule has 0 N–H and O–H groups in total. The molecule has 0 unspecified atom stereocenters. The summed E-state index contributed by atoms with van der Waals surface area (Å²) in [4.78, 5) is 27.5. The van der Waals surface area contributed by atoms with Crippen LogP contribution in [0.2, 0.25) is 0 Å². The van der Waals surface area contributed by atoms with Crippen LogP contribution in [0.25, 0.3) is 11.3 Å². The largest absolute Gasteiger partial charge is 0.342 e. The van der Waals surface area contributed by atoms with Gasteiger partial charge in [-0.3, -0.25) is 14.3 Å². The normalized spacial score (nSPS) is 18.4. The molecule has 2 fully saturated rings. The average molecular weight is 419 g/mol. The molecule has 2 heterocycles. The lowest BCUT2D eigenvalue weighted by Crippen LogP contribution is -2.28. The molecule has 0 radical (unpaired) electrons. The lowest BCUT2D eigenvalue weighted by molar-refractivity contribution is -0.129. The third-order valence-corrected chi connectivity index (χ3v) is 6.39. The number of hydrogen-bond donors (Lipinski definition) is 0. The van der Waals surface area contributed by atoms with Gasteiger partial charge in [0.25, 0.3) is 0 Å². The van der Waals surface area contributed by atoms with Crippen LogP contribution in [0.4, 0.5) is 0 Å². The van der Waals surface area contributed by atoms with Gasteiger partial charge >= 0.3 is 0 Å². The molecule has 1 aliphatic heterocycles. The van der Waals surface area contributed by atoms with Crippen LogP contribution in [-0.4, -0.2) is 39.5 Å². The summed E-state index contributed by atoms with van der Waals surface area (Å²) in [6.45, 7) is 7.42. The van der Waals surface area contributed by atoms with Crippen molar-refractivity contribution in [1.29, 1.82) is 5.26 Å². The van der Waals surface area contributed by atoms with Crippen molar-refractivity contribution in [2.45, 2.75) is 64.8 Å². The zero-order valence-corrected chi connectivity index (χ0v) is 18.6. The van der Waals surface area contributed by atoms with Gasteiger partial charge in [0.1, 0.15) is 5.69 Å². The summed E-state index contributed by atoms with van der Waals surface area (Å²) >= 11 is 0. The van der Waals surface area contributed by atoms with Crippen molar-refractivity contribution < 1.29 is 9.59 Å². The average Bonchev–Trinajstić information content (AvgIpc) is 3.36. The zero-order valence-electron chi connectivity index (χ0n) is 18.6. The summed E-state index contributed by atoms with van der Waals surface area (Å²) in [5.41, 5.74) is 4.26. The van der Waals surface area contributed by atoms with E-state index < -0.39 is 0 Å². The number of hydrogen-bond acceptors (Lipinski definition) is 4. The van der Waals surface area contributed by atoms with E-state index in [1.165, 1.54) is 0 Å². The van der Waals surface area contributed by atoms with Crippen LogP contribution in [0, 0.1) is 17.2 Å². The topological polar surface area (TPSA) is 79.0 Å². The van der Waals surface area contributed by atoms with E-state index >= 15 is 0 Å². The summed E-state index contributed by atoms with van der Waals surface area (Å²) in [7, 11) is 0. The van der Waals surface area contributed by atoms with E-state index in [9.17, 15) is 9.59 Å². The third-order valence-electron chi connectivity index (χ3n) is 6.39. The van der Waals surface area contributed by atoms with Crippen LogP contribution in [0.3, 0.4) is 0 Å². The molecule has 162 valence electrons. The molecule has 2 aliphatic rings. The molecule has 1 amide bonds. The molecule has 6 nitrogen and oxygen atoms in total. The van der Waals surface area contributed by atoms with Crippen LogP contribution in [0.15, 0.2) is 24.3 Å². The number of carbonyl (C=O) groups is 2. The predicted octanol–water partition coefficient (Wildman–Crippen LogP) is 4.71. The summed E-state index contributed by atoms with van der Waals surface area (Å²) in [5, 5.41) is 14.0. The quantitative estimate of drug-likeness (QED) is 0.610. The first-order chi connectivity index (χ1) is 14.9. The van der Waals surface area contributed by atoms with Crippen molar-refractivity contribution in [2.24, 2.45) is 5.92 Å². The number of ketones is 1. The van der Waals surface area contributed by atoms with Crippen LogP contribution < -0.4 is 0 Å². The summed E-state index contributed by atoms with van der Waals surface area (Å²) in [5.74, 6) is 0.894. The number of amides is 1. The molecule has 0 spiro atoms. The van der Waals surface area contributed by atoms with Crippen LogP contribution in [0.5, 0.6) is 0 Å². The van der Waals surface area contributed by atoms with E-state index in [0.717, 1.165) is 48.3 Å². The number of Topliss-reactive ketones (excluding diaryl/α,β-unsaturated/α-hetero) is 1. The van der Waals surface area contributed by atoms with Gasteiger partial charge in [-0.05, 0) is 57.1 Å². The number of nitrogens with zero attached hydrogens (tertiary/aromatic N) is 4. The van der Waals surface area contributed by atoms with Crippen molar-refractivity contribution in [1.82, 2.24) is 14.7 Å². The second-order valence-electron chi connectivity index (χ2n) is 9.09. The van der Waals surface area contributed by atoms with Gasteiger partial charge in [0.05, 0.1) is 17.3 Å². The lowest BCUT2D eigenvalue weighted by atomic mass is 9.94. The predicted molar refractivity (Wildman–Crippen MR) is 119 cm³/mol. The highest BCUT2D eigenvalue weighted by atomic mass is 16.2. The maximum Gasteiger partial charge on any atom is 0.222 e. The molecule has 1 saturated carbocycles. The standard InChI is InChI=1S/C25H30N4O2/c1-4-22(31)28-12-11-18(15-28)13-21(30)25-23(19-9-10-19)24(27-29(25)16(2)3)20-7-5-17(14-26)6-8-20/h5-8,16,18-19H,4,9-13,15H2,1-3H3/t18-/m1/s1. The number of benzene rings is 1. The Hall–Kier alpha value is -2.94. The molecule has 1 aliphatic carbocycles. The van der Waals surface area contributed by atoms with Gasteiger partial charge in [0, 0.05) is 43.1 Å². The van der Waals surface area contributed by atoms with Crippen LogP contribution >= 0.6 is 0 Å². The molecular formula is C25H30N4O2. The second-order valence-corrected chi connectivity index (χ2v) is 9.09. The van der Waals surface area contributed by atoms with E-state index in [4.69, 9.17) is 10.4 Å². The summed E-state index contributed by atoms with van der Waals surface area (Å²) < 4.78 is 1.90. The van der Waals surface area contributed by atoms with E-state index in [1.54, 1.807) is 12.1 Å². The SMILES string of the molecule is CCC(=O)N1CC[C@H](CC(=O)c2c(C3CC3)c(-c3ccc(C#N)cc3)nn2C(C)C)C1. The first-order valence-corrected chi connectivity index (χ1v) is 11.4. The maximum absolute atomic E-state index is 13.6. The third kappa shape index (κ3) is 4.27. The van der Waals surface area contributed by atoms with Gasteiger partial charge < -0.3 is 4.90 Å². The molecule has 1 aromatic carbocycles. The lowest BCUT2D eigenvalue weighted by Gasteiger charge is -2.16. The number of carbonyl (C=O) groups excluding carboxylic acids is 2. The molecule has 0 bridgehead atoms. The zero-order chi connectivity index (χ0) is 22.1. The highest BCUT2D eigenvalue weighted by molar-refractivity contribution is 5.98. The Morgan fingerprint density at radius 2 is 1.90 bits per heavy atom. The molecule has 4 rings (SSSR count). The van der Waals surface area contributed by atoms with E-state index in [1.807, 2.05) is 28.6 Å². The van der Waals surface area contributed by atoms with Crippen molar-refractivity contribution in [3.63, 3.8) is 0 Å². The minimum Gasteiger partial charge on any atom is -0.342 e. The molecular weight excluding hydrogens is 388 g/mol. The fourth-order valence-electron chi connectivity index (χ4n) is 4.58. The molecule has 1 aromatic heterocycles. The highest BCUT2D eigenvalue weighted by Crippen LogP contribution is 2.47. The number of nitriles is 1. The maximum atomic E-state index is 13.6. The number of rotatable bonds is 7. The van der Waals surface area contributed by atoms with Gasteiger partial charge in [-0.25, -0.2) is 0 Å². The monoisotopic (exact) mass is 418 g/mol. The highest BCUT2D eigenvalue weighted by Gasteiger charge is 2.37. The number of likely N-dealkylation sites (tertiary alicyclic amines) is 1. The van der Waals surface area contributed by atoms with Crippen molar-refractivity contribution in [3.05, 3.63) is 41.1 Å². The summed E-state index contributed by atoms with van der Waals surface area (Å²) in [6, 6.07) is 9.70. The van der Waals surface area contributed by atoms with Crippen LogP contribution in [0.1, 0.15) is 86.5 Å². The Morgan fingerprint density at radius 3 is 2.48 bits per heavy atom. The van der Waals surface area contributed by atoms with E-state index in [2.05, 4.69) is 19.9 Å². The Labute approximate surface area is 183 Å². The number of aromatic nitrogens is 2. The Balaban J connectivity index is 1.66. The fraction of sp³-hybridized carbons (Fsp3) is 0.520. The molecule has 2 aromatic rings. The Morgan fingerprint density at radius 1 is 1.19 bits per heavy atom. The first kappa shape index (κ1) is 21.3. The Kier molecular flexibility index (Phi) is 5.95. The minimum atomic E-state index is 0.0744. The smallest absolute Gasteiger partial charge is 0.222 e. The molecule has 1 atom stereocenters. The van der Waals surface area contributed by atoms with Gasteiger partial charge in [-0.2, -0.15) is 10.4 Å². The molecule has 1 saturated heterocycles. The van der Waals surface area contributed by atoms with Gasteiger partial charge in [-0.1, -0.05) is 19.1 Å². The van der Waals surface area contributed by atoms with Crippen molar-refractivity contribution in [2.75, 3.05) is 13.1 Å². The van der Waals surface area contributed by atoms with Gasteiger partial charge in [-0.15, -0.1) is 0 Å². The summed E-state index contributed by atoms with van der Waals surface area (Å²) in [6.07, 6.45) is 4.01. The van der Waals surface area contributed by atoms with Crippen LogP contribution in [-0.2, 0) is 4.79 Å². The second kappa shape index (κ2) is 8.66. The molecule has 6 heteroatoms. The fourth-order valence-corrected chi connectivity index (χ4v) is 4.58. The van der Waals surface area contributed by atoms with Gasteiger partial charge in [0.2, 0.25) is 5.91 Å². The van der Waals surface area contributed by atoms with Crippen molar-refractivity contribution in [3.8, 4) is 17.3 Å². The van der Waals surface area contributed by atoms with E-state index in [-0.39, 0.29) is 23.7 Å². The Bertz CT molecular complexity index is 1030. The first-order valence-electron chi connectivity index (χ1n) is 11.4.